The molecular weight excluding hydrogens is 253 g/mol. The molecule has 0 aliphatic heterocycles. The van der Waals surface area contributed by atoms with E-state index in [0.29, 0.717) is 22.9 Å². The molecule has 0 fully saturated rings. The van der Waals surface area contributed by atoms with Gasteiger partial charge in [-0.25, -0.2) is 4.39 Å². The first-order valence-electron chi connectivity index (χ1n) is 5.55. The second-order valence-electron chi connectivity index (χ2n) is 3.84. The van der Waals surface area contributed by atoms with E-state index < -0.39 is 0 Å². The van der Waals surface area contributed by atoms with Crippen LogP contribution < -0.4 is 10.5 Å². The van der Waals surface area contributed by atoms with E-state index >= 15 is 0 Å². The van der Waals surface area contributed by atoms with E-state index in [-0.39, 0.29) is 12.4 Å². The molecular formula is C14H13ClFNO. The Balaban J connectivity index is 2.10. The third-order valence-electron chi connectivity index (χ3n) is 2.59. The van der Waals surface area contributed by atoms with Crippen LogP contribution in [0.1, 0.15) is 11.1 Å². The van der Waals surface area contributed by atoms with Gasteiger partial charge in [-0.05, 0) is 29.8 Å². The summed E-state index contributed by atoms with van der Waals surface area (Å²) < 4.78 is 19.0. The maximum absolute atomic E-state index is 13.5. The molecule has 0 radical (unpaired) electrons. The van der Waals surface area contributed by atoms with Gasteiger partial charge in [0.1, 0.15) is 18.2 Å². The molecule has 0 aliphatic rings. The van der Waals surface area contributed by atoms with Crippen LogP contribution in [0.5, 0.6) is 5.75 Å². The fourth-order valence-electron chi connectivity index (χ4n) is 1.61. The maximum atomic E-state index is 13.5. The molecule has 0 aliphatic carbocycles. The monoisotopic (exact) mass is 265 g/mol. The normalized spacial score (nSPS) is 10.4. The zero-order valence-corrected chi connectivity index (χ0v) is 10.5. The number of hydrogen-bond donors (Lipinski definition) is 1. The molecule has 18 heavy (non-hydrogen) atoms. The van der Waals surface area contributed by atoms with E-state index in [0.717, 1.165) is 5.56 Å². The average Bonchev–Trinajstić information content (AvgIpc) is 2.38. The van der Waals surface area contributed by atoms with Crippen LogP contribution in [0.15, 0.2) is 42.5 Å². The molecule has 2 nitrogen and oxygen atoms in total. The molecule has 2 N–H and O–H groups in total. The summed E-state index contributed by atoms with van der Waals surface area (Å²) in [5.41, 5.74) is 6.86. The van der Waals surface area contributed by atoms with Gasteiger partial charge < -0.3 is 10.5 Å². The van der Waals surface area contributed by atoms with Gasteiger partial charge >= 0.3 is 0 Å². The molecule has 0 amide bonds. The van der Waals surface area contributed by atoms with Crippen LogP contribution in [-0.4, -0.2) is 0 Å². The predicted molar refractivity (Wildman–Crippen MR) is 70.1 cm³/mol. The van der Waals surface area contributed by atoms with Gasteiger partial charge in [-0.3, -0.25) is 0 Å². The Bertz CT molecular complexity index is 528. The number of nitrogens with two attached hydrogens (primary N) is 1. The molecule has 0 aromatic heterocycles. The third kappa shape index (κ3) is 3.00. The summed E-state index contributed by atoms with van der Waals surface area (Å²) in [5, 5.41) is 0.673. The van der Waals surface area contributed by atoms with Gasteiger partial charge in [0.2, 0.25) is 0 Å². The largest absolute Gasteiger partial charge is 0.488 e. The molecule has 2 aromatic rings. The van der Waals surface area contributed by atoms with Crippen molar-refractivity contribution in [1.29, 1.82) is 0 Å². The Morgan fingerprint density at radius 1 is 1.11 bits per heavy atom. The lowest BCUT2D eigenvalue weighted by atomic mass is 10.2. The highest BCUT2D eigenvalue weighted by Crippen LogP contribution is 2.22. The second kappa shape index (κ2) is 5.85. The van der Waals surface area contributed by atoms with Crippen LogP contribution in [0.3, 0.4) is 0 Å². The molecule has 0 heterocycles. The fourth-order valence-corrected chi connectivity index (χ4v) is 1.74. The molecule has 0 saturated carbocycles. The van der Waals surface area contributed by atoms with Crippen molar-refractivity contribution in [1.82, 2.24) is 0 Å². The smallest absolute Gasteiger partial charge is 0.131 e. The Morgan fingerprint density at radius 3 is 2.50 bits per heavy atom. The van der Waals surface area contributed by atoms with E-state index in [1.54, 1.807) is 24.3 Å². The van der Waals surface area contributed by atoms with Crippen molar-refractivity contribution in [3.05, 3.63) is 64.4 Å². The zero-order valence-electron chi connectivity index (χ0n) is 9.70. The van der Waals surface area contributed by atoms with Crippen LogP contribution in [0, 0.1) is 5.82 Å². The highest BCUT2D eigenvalue weighted by molar-refractivity contribution is 6.30. The number of ether oxygens (including phenoxy) is 1. The molecule has 94 valence electrons. The van der Waals surface area contributed by atoms with E-state index in [2.05, 4.69) is 0 Å². The van der Waals surface area contributed by atoms with Crippen molar-refractivity contribution in [2.45, 2.75) is 13.2 Å². The van der Waals surface area contributed by atoms with E-state index in [1.807, 2.05) is 12.1 Å². The average molecular weight is 266 g/mol. The first-order chi connectivity index (χ1) is 8.70. The SMILES string of the molecule is NCc1c(F)cccc1OCc1ccc(Cl)cc1. The lowest BCUT2D eigenvalue weighted by molar-refractivity contribution is 0.301. The Morgan fingerprint density at radius 2 is 1.83 bits per heavy atom. The van der Waals surface area contributed by atoms with Crippen LogP contribution >= 0.6 is 11.6 Å². The molecule has 2 aromatic carbocycles. The standard InChI is InChI=1S/C14H13ClFNO/c15-11-6-4-10(5-7-11)9-18-14-3-1-2-13(16)12(14)8-17/h1-7H,8-9,17H2. The van der Waals surface area contributed by atoms with E-state index in [4.69, 9.17) is 22.1 Å². The van der Waals surface area contributed by atoms with Crippen LogP contribution in [0.2, 0.25) is 5.02 Å². The van der Waals surface area contributed by atoms with Crippen LogP contribution in [-0.2, 0) is 13.2 Å². The first-order valence-corrected chi connectivity index (χ1v) is 5.93. The molecule has 0 atom stereocenters. The Labute approximate surface area is 110 Å². The molecule has 0 bridgehead atoms. The quantitative estimate of drug-likeness (QED) is 0.918. The topological polar surface area (TPSA) is 35.2 Å². The van der Waals surface area contributed by atoms with E-state index in [9.17, 15) is 4.39 Å². The summed E-state index contributed by atoms with van der Waals surface area (Å²) in [5.74, 6) is 0.138. The van der Waals surface area contributed by atoms with Gasteiger partial charge in [0.05, 0.1) is 0 Å². The first kappa shape index (κ1) is 12.9. The summed E-state index contributed by atoms with van der Waals surface area (Å²) in [7, 11) is 0. The molecule has 4 heteroatoms. The van der Waals surface area contributed by atoms with Gasteiger partial charge in [0, 0.05) is 17.1 Å². The summed E-state index contributed by atoms with van der Waals surface area (Å²) in [6, 6.07) is 12.0. The fraction of sp³-hybridized carbons (Fsp3) is 0.143. The van der Waals surface area contributed by atoms with Crippen LogP contribution in [0.25, 0.3) is 0 Å². The minimum Gasteiger partial charge on any atom is -0.488 e. The minimum absolute atomic E-state index is 0.114. The number of benzene rings is 2. The lowest BCUT2D eigenvalue weighted by Gasteiger charge is -2.11. The van der Waals surface area contributed by atoms with Gasteiger partial charge in [-0.2, -0.15) is 0 Å². The number of rotatable bonds is 4. The van der Waals surface area contributed by atoms with Crippen molar-refractivity contribution >= 4 is 11.6 Å². The second-order valence-corrected chi connectivity index (χ2v) is 4.27. The molecule has 0 spiro atoms. The molecule has 0 unspecified atom stereocenters. The predicted octanol–water partition coefficient (Wildman–Crippen LogP) is 3.52. The summed E-state index contributed by atoms with van der Waals surface area (Å²) in [6.45, 7) is 0.468. The molecule has 2 rings (SSSR count). The summed E-state index contributed by atoms with van der Waals surface area (Å²) in [4.78, 5) is 0. The van der Waals surface area contributed by atoms with Crippen molar-refractivity contribution in [3.63, 3.8) is 0 Å². The van der Waals surface area contributed by atoms with Crippen LogP contribution in [0.4, 0.5) is 4.39 Å². The summed E-state index contributed by atoms with van der Waals surface area (Å²) >= 11 is 5.79. The van der Waals surface area contributed by atoms with E-state index in [1.165, 1.54) is 6.07 Å². The third-order valence-corrected chi connectivity index (χ3v) is 2.84. The lowest BCUT2D eigenvalue weighted by Crippen LogP contribution is -2.05. The van der Waals surface area contributed by atoms with Gasteiger partial charge in [-0.1, -0.05) is 29.8 Å². The van der Waals surface area contributed by atoms with Gasteiger partial charge in [0.25, 0.3) is 0 Å². The van der Waals surface area contributed by atoms with Crippen molar-refractivity contribution in [2.75, 3.05) is 0 Å². The number of hydrogen-bond acceptors (Lipinski definition) is 2. The van der Waals surface area contributed by atoms with Crippen molar-refractivity contribution < 1.29 is 9.13 Å². The van der Waals surface area contributed by atoms with Crippen molar-refractivity contribution in [3.8, 4) is 5.75 Å². The highest BCUT2D eigenvalue weighted by Gasteiger charge is 2.07. The molecule has 0 saturated heterocycles. The highest BCUT2D eigenvalue weighted by atomic mass is 35.5. The van der Waals surface area contributed by atoms with Crippen molar-refractivity contribution in [2.24, 2.45) is 5.73 Å². The minimum atomic E-state index is -0.342. The maximum Gasteiger partial charge on any atom is 0.131 e. The summed E-state index contributed by atoms with van der Waals surface area (Å²) in [6.07, 6.45) is 0. The Hall–Kier alpha value is -1.58. The zero-order chi connectivity index (χ0) is 13.0. The van der Waals surface area contributed by atoms with Gasteiger partial charge in [0.15, 0.2) is 0 Å². The Kier molecular flexibility index (Phi) is 4.18. The van der Waals surface area contributed by atoms with Gasteiger partial charge in [-0.15, -0.1) is 0 Å². The number of halogens is 2.